The van der Waals surface area contributed by atoms with E-state index in [9.17, 15) is 30.0 Å². The van der Waals surface area contributed by atoms with Gasteiger partial charge in [0.1, 0.15) is 11.5 Å². The molecule has 0 saturated carbocycles. The first-order valence-corrected chi connectivity index (χ1v) is 37.3. The molecule has 0 radical (unpaired) electrons. The van der Waals surface area contributed by atoms with Gasteiger partial charge in [-0.2, -0.15) is 0 Å². The fourth-order valence-electron chi connectivity index (χ4n) is 12.7. The first-order chi connectivity index (χ1) is 41.2. The summed E-state index contributed by atoms with van der Waals surface area (Å²) < 4.78 is 0. The Balaban J connectivity index is 0.00000164. The Morgan fingerprint density at radius 2 is 0.412 bits per heavy atom. The molecule has 0 fully saturated rings. The van der Waals surface area contributed by atoms with Gasteiger partial charge in [0.25, 0.3) is 0 Å². The molecule has 0 aliphatic rings. The fourth-order valence-corrected chi connectivity index (χ4v) is 12.7. The smallest absolute Gasteiger partial charge is 0.545 e. The molecule has 488 valence electrons. The van der Waals surface area contributed by atoms with Crippen molar-refractivity contribution in [2.75, 3.05) is 0 Å². The molecule has 2 aromatic carbocycles. The number of hydrogen-bond acceptors (Lipinski definition) is 6. The number of aryl methyl sites for hydroxylation is 2. The second kappa shape index (κ2) is 63.8. The van der Waals surface area contributed by atoms with Gasteiger partial charge in [-0.25, -0.2) is 0 Å². The van der Waals surface area contributed by atoms with E-state index in [1.165, 1.54) is 321 Å². The maximum atomic E-state index is 11.5. The molecule has 6 nitrogen and oxygen atoms in total. The van der Waals surface area contributed by atoms with Gasteiger partial charge in [-0.1, -0.05) is 374 Å². The van der Waals surface area contributed by atoms with Crippen LogP contribution < -0.4 is 10.2 Å². The summed E-state index contributed by atoms with van der Waals surface area (Å²) in [7, 11) is 0. The topological polar surface area (TPSA) is 121 Å². The van der Waals surface area contributed by atoms with Crippen LogP contribution in [0.4, 0.5) is 0 Å². The third-order valence-corrected chi connectivity index (χ3v) is 18.4. The number of carbonyl (C=O) groups is 2. The minimum Gasteiger partial charge on any atom is -0.545 e. The number of hydrogen-bond donors (Lipinski definition) is 2. The summed E-state index contributed by atoms with van der Waals surface area (Å²) in [5, 5.41) is 44.5. The van der Waals surface area contributed by atoms with Crippen LogP contribution in [0.15, 0.2) is 24.3 Å². The van der Waals surface area contributed by atoms with Crippen molar-refractivity contribution in [1.29, 1.82) is 0 Å². The zero-order chi connectivity index (χ0) is 61.0. The Hall–Kier alpha value is -1.76. The number of benzene rings is 2. The molecule has 0 aliphatic carbocycles. The maximum absolute atomic E-state index is 11.5. The molecule has 0 aromatic heterocycles. The van der Waals surface area contributed by atoms with Crippen molar-refractivity contribution in [3.05, 3.63) is 57.6 Å². The molecule has 0 saturated heterocycles. The Kier molecular flexibility index (Phi) is 62.5. The molecule has 0 spiro atoms. The van der Waals surface area contributed by atoms with Crippen LogP contribution in [0.2, 0.25) is 0 Å². The molecule has 7 heteroatoms. The van der Waals surface area contributed by atoms with E-state index in [4.69, 9.17) is 0 Å². The number of phenols is 2. The summed E-state index contributed by atoms with van der Waals surface area (Å²) in [6.07, 6.45) is 77.9. The predicted molar refractivity (Wildman–Crippen MR) is 367 cm³/mol. The first kappa shape index (κ1) is 83.2. The number of carbonyl (C=O) groups excluding carboxylic acids is 2. The summed E-state index contributed by atoms with van der Waals surface area (Å²) >= 11 is 0. The van der Waals surface area contributed by atoms with E-state index in [0.717, 1.165) is 86.5 Å². The molecule has 0 heterocycles. The van der Waals surface area contributed by atoms with Gasteiger partial charge >= 0.3 is 37.7 Å². The fraction of sp³-hybridized carbons (Fsp3) is 0.821. The average Bonchev–Trinajstić information content (AvgIpc) is 3.61. The second-order valence-electron chi connectivity index (χ2n) is 26.2. The summed E-state index contributed by atoms with van der Waals surface area (Å²) in [5.74, 6) is -2.66. The molecule has 0 unspecified atom stereocenters. The normalized spacial score (nSPS) is 11.2. The van der Waals surface area contributed by atoms with Crippen molar-refractivity contribution in [2.45, 2.75) is 413 Å². The van der Waals surface area contributed by atoms with Crippen LogP contribution in [0.1, 0.15) is 430 Å². The van der Waals surface area contributed by atoms with Gasteiger partial charge in [-0.3, -0.25) is 0 Å². The van der Waals surface area contributed by atoms with Crippen LogP contribution in [-0.2, 0) is 25.7 Å². The van der Waals surface area contributed by atoms with E-state index < -0.39 is 11.9 Å². The summed E-state index contributed by atoms with van der Waals surface area (Å²) in [4.78, 5) is 23.0. The molecule has 2 aromatic rings. The van der Waals surface area contributed by atoms with Crippen molar-refractivity contribution in [3.63, 3.8) is 0 Å². The summed E-state index contributed by atoms with van der Waals surface area (Å²) in [6, 6.07) is 6.93. The van der Waals surface area contributed by atoms with Crippen LogP contribution in [-0.4, -0.2) is 59.9 Å². The standard InChI is InChI=1S/2C39H70O3.Ca/c2*1-3-5-7-9-11-13-15-17-19-21-23-25-27-29-31-35-33-34-37(39(41)42)38(40)36(35)32-30-28-26-24-22-20-18-16-14-12-10-8-6-4-2;/h2*33-34,40H,3-32H2,1-2H3,(H,41,42);/q;;+2/p-2. The molecule has 0 bridgehead atoms. The Morgan fingerprint density at radius 1 is 0.259 bits per heavy atom. The van der Waals surface area contributed by atoms with E-state index in [0.29, 0.717) is 0 Å². The Labute approximate surface area is 557 Å². The zero-order valence-corrected chi connectivity index (χ0v) is 59.2. The zero-order valence-electron chi connectivity index (χ0n) is 57.0. The van der Waals surface area contributed by atoms with Gasteiger partial charge in [-0.05, 0) is 85.8 Å². The predicted octanol–water partition coefficient (Wildman–Crippen LogP) is 23.2. The van der Waals surface area contributed by atoms with Crippen molar-refractivity contribution in [2.24, 2.45) is 0 Å². The van der Waals surface area contributed by atoms with E-state index in [-0.39, 0.29) is 60.4 Å². The average molecular weight is 1210 g/mol. The van der Waals surface area contributed by atoms with Crippen molar-refractivity contribution >= 4 is 49.7 Å². The molecular formula is C78H138CaO6. The third-order valence-electron chi connectivity index (χ3n) is 18.4. The SMILES string of the molecule is CCCCCCCCCCCCCCCCc1ccc(C(=O)[O-])c(O)c1CCCCCCCCCCCCCCCC.CCCCCCCCCCCCCCCCc1ccc(C(=O)[O-])c(O)c1CCCCCCCCCCCCCCCC.[Ca+2]. The van der Waals surface area contributed by atoms with Gasteiger partial charge in [0.15, 0.2) is 0 Å². The van der Waals surface area contributed by atoms with Gasteiger partial charge in [0.2, 0.25) is 0 Å². The summed E-state index contributed by atoms with van der Waals surface area (Å²) in [6.45, 7) is 9.11. The number of carboxylic acids is 2. The van der Waals surface area contributed by atoms with Gasteiger partial charge in [0, 0.05) is 11.1 Å². The van der Waals surface area contributed by atoms with Gasteiger partial charge in [0.05, 0.1) is 11.9 Å². The van der Waals surface area contributed by atoms with Crippen LogP contribution in [0.25, 0.3) is 0 Å². The monoisotopic (exact) mass is 1210 g/mol. The molecule has 0 amide bonds. The number of unbranched alkanes of at least 4 members (excludes halogenated alkanes) is 52. The van der Waals surface area contributed by atoms with E-state index in [1.54, 1.807) is 12.1 Å². The molecule has 2 N–H and O–H groups in total. The maximum Gasteiger partial charge on any atom is 2.00 e. The minimum atomic E-state index is -1.28. The molecule has 2 rings (SSSR count). The molecule has 85 heavy (non-hydrogen) atoms. The van der Waals surface area contributed by atoms with Crippen molar-refractivity contribution in [3.8, 4) is 11.5 Å². The Bertz CT molecular complexity index is 1650. The van der Waals surface area contributed by atoms with Crippen LogP contribution >= 0.6 is 0 Å². The largest absolute Gasteiger partial charge is 2.00 e. The minimum absolute atomic E-state index is 0. The van der Waals surface area contributed by atoms with Gasteiger partial charge in [-0.15, -0.1) is 0 Å². The van der Waals surface area contributed by atoms with Crippen LogP contribution in [0, 0.1) is 0 Å². The van der Waals surface area contributed by atoms with E-state index in [2.05, 4.69) is 27.7 Å². The van der Waals surface area contributed by atoms with Crippen LogP contribution in [0.5, 0.6) is 11.5 Å². The van der Waals surface area contributed by atoms with Gasteiger partial charge < -0.3 is 30.0 Å². The van der Waals surface area contributed by atoms with Crippen molar-refractivity contribution < 1.29 is 30.0 Å². The third kappa shape index (κ3) is 48.7. The number of aromatic hydroxyl groups is 2. The van der Waals surface area contributed by atoms with Crippen molar-refractivity contribution in [1.82, 2.24) is 0 Å². The van der Waals surface area contributed by atoms with Crippen LogP contribution in [0.3, 0.4) is 0 Å². The second-order valence-corrected chi connectivity index (χ2v) is 26.2. The molecule has 0 atom stereocenters. The number of aromatic carboxylic acids is 2. The first-order valence-electron chi connectivity index (χ1n) is 37.3. The van der Waals surface area contributed by atoms with E-state index >= 15 is 0 Å². The molecule has 0 aliphatic heterocycles. The van der Waals surface area contributed by atoms with E-state index in [1.807, 2.05) is 12.1 Å². The quantitative estimate of drug-likeness (QED) is 0.0503. The Morgan fingerprint density at radius 3 is 0.576 bits per heavy atom. The molecular weight excluding hydrogens is 1070 g/mol. The number of rotatable bonds is 62. The summed E-state index contributed by atoms with van der Waals surface area (Å²) in [5.41, 5.74) is 3.85. The number of carboxylic acid groups (broad SMARTS) is 2.